The molecule has 2 nitrogen and oxygen atoms in total. The van der Waals surface area contributed by atoms with Gasteiger partial charge in [0.05, 0.1) is 5.69 Å². The Labute approximate surface area is 290 Å². The number of nitrogens with zero attached hydrogens (tertiary/aromatic N) is 1. The molecule has 2 heteroatoms. The SMILES string of the molecule is c1ccc(-c2cccc3ccccc23)c(-c2ccc(N(c3ccc4c(c3)oc3ccccc34)c3cc4ccccc4c4ccccc34)cc2)c1. The minimum Gasteiger partial charge on any atom is -0.456 e. The molecule has 0 saturated heterocycles. The highest BCUT2D eigenvalue weighted by atomic mass is 16.3. The molecule has 0 amide bonds. The van der Waals surface area contributed by atoms with E-state index in [-0.39, 0.29) is 0 Å². The predicted molar refractivity (Wildman–Crippen MR) is 212 cm³/mol. The van der Waals surface area contributed by atoms with Gasteiger partial charge in [-0.05, 0) is 85.6 Å². The van der Waals surface area contributed by atoms with Crippen molar-refractivity contribution in [2.24, 2.45) is 0 Å². The van der Waals surface area contributed by atoms with Gasteiger partial charge in [-0.3, -0.25) is 0 Å². The van der Waals surface area contributed by atoms with Gasteiger partial charge in [0.2, 0.25) is 0 Å². The van der Waals surface area contributed by atoms with E-state index >= 15 is 0 Å². The summed E-state index contributed by atoms with van der Waals surface area (Å²) in [5, 5.41) is 9.64. The number of furan rings is 1. The zero-order chi connectivity index (χ0) is 33.0. The molecule has 0 unspecified atom stereocenters. The molecule has 1 heterocycles. The van der Waals surface area contributed by atoms with Crippen LogP contribution in [0.4, 0.5) is 17.1 Å². The third-order valence-corrected chi connectivity index (χ3v) is 10.1. The minimum absolute atomic E-state index is 0.874. The summed E-state index contributed by atoms with van der Waals surface area (Å²) in [4.78, 5) is 2.38. The van der Waals surface area contributed by atoms with Crippen LogP contribution in [0.15, 0.2) is 192 Å². The first-order valence-corrected chi connectivity index (χ1v) is 17.1. The lowest BCUT2D eigenvalue weighted by molar-refractivity contribution is 0.669. The third kappa shape index (κ3) is 4.57. The molecule has 9 aromatic carbocycles. The van der Waals surface area contributed by atoms with E-state index < -0.39 is 0 Å². The summed E-state index contributed by atoms with van der Waals surface area (Å²) in [5.41, 5.74) is 9.87. The van der Waals surface area contributed by atoms with Crippen LogP contribution in [-0.4, -0.2) is 0 Å². The molecule has 0 spiro atoms. The fourth-order valence-electron chi connectivity index (χ4n) is 7.72. The van der Waals surface area contributed by atoms with Crippen molar-refractivity contribution in [2.75, 3.05) is 4.90 Å². The maximum atomic E-state index is 6.41. The van der Waals surface area contributed by atoms with Crippen molar-refractivity contribution in [3.63, 3.8) is 0 Å². The van der Waals surface area contributed by atoms with Crippen LogP contribution in [0.2, 0.25) is 0 Å². The summed E-state index contributed by atoms with van der Waals surface area (Å²) in [7, 11) is 0. The van der Waals surface area contributed by atoms with E-state index in [2.05, 4.69) is 181 Å². The van der Waals surface area contributed by atoms with Crippen LogP contribution in [0.3, 0.4) is 0 Å². The zero-order valence-electron chi connectivity index (χ0n) is 27.3. The molecule has 1 aromatic heterocycles. The van der Waals surface area contributed by atoms with E-state index in [0.717, 1.165) is 39.0 Å². The second kappa shape index (κ2) is 11.5. The summed E-state index contributed by atoms with van der Waals surface area (Å²) >= 11 is 0. The highest BCUT2D eigenvalue weighted by Crippen LogP contribution is 2.44. The lowest BCUT2D eigenvalue weighted by Gasteiger charge is -2.28. The van der Waals surface area contributed by atoms with Crippen LogP contribution < -0.4 is 4.90 Å². The second-order valence-corrected chi connectivity index (χ2v) is 12.9. The molecule has 0 aliphatic carbocycles. The van der Waals surface area contributed by atoms with E-state index in [1.54, 1.807) is 0 Å². The van der Waals surface area contributed by atoms with Crippen molar-refractivity contribution in [1.29, 1.82) is 0 Å². The Balaban J connectivity index is 1.17. The summed E-state index contributed by atoms with van der Waals surface area (Å²) < 4.78 is 6.41. The van der Waals surface area contributed by atoms with Gasteiger partial charge in [-0.2, -0.15) is 0 Å². The number of hydrogen-bond acceptors (Lipinski definition) is 2. The zero-order valence-corrected chi connectivity index (χ0v) is 27.3. The maximum absolute atomic E-state index is 6.41. The predicted octanol–water partition coefficient (Wildman–Crippen LogP) is 13.8. The van der Waals surface area contributed by atoms with Crippen LogP contribution >= 0.6 is 0 Å². The van der Waals surface area contributed by atoms with Crippen LogP contribution in [-0.2, 0) is 0 Å². The standard InChI is InChI=1S/C48H31NO/c1-3-15-37-32(12-1)14-11-22-41(37)40-18-6-5-16-38(40)33-24-26-35(27-25-33)49(36-28-29-45-44-21-9-10-23-47(44)50-48(45)31-36)46-30-34-13-2-4-17-39(34)42-19-7-8-20-43(42)46/h1-31H. The summed E-state index contributed by atoms with van der Waals surface area (Å²) in [6.07, 6.45) is 0. The Morgan fingerprint density at radius 3 is 1.74 bits per heavy atom. The fourth-order valence-corrected chi connectivity index (χ4v) is 7.72. The summed E-state index contributed by atoms with van der Waals surface area (Å²) in [5.74, 6) is 0. The van der Waals surface area contributed by atoms with E-state index in [0.29, 0.717) is 0 Å². The normalized spacial score (nSPS) is 11.6. The minimum atomic E-state index is 0.874. The van der Waals surface area contributed by atoms with Gasteiger partial charge in [-0.1, -0.05) is 146 Å². The Morgan fingerprint density at radius 1 is 0.320 bits per heavy atom. The molecular weight excluding hydrogens is 607 g/mol. The number of hydrogen-bond donors (Lipinski definition) is 0. The molecule has 10 rings (SSSR count). The average molecular weight is 638 g/mol. The lowest BCUT2D eigenvalue weighted by Crippen LogP contribution is -2.10. The lowest BCUT2D eigenvalue weighted by atomic mass is 9.91. The number of para-hydroxylation sites is 1. The number of anilines is 3. The molecule has 0 bridgehead atoms. The van der Waals surface area contributed by atoms with Gasteiger partial charge in [0.15, 0.2) is 0 Å². The first kappa shape index (κ1) is 28.4. The Hall–Kier alpha value is -6.64. The van der Waals surface area contributed by atoms with Gasteiger partial charge in [0, 0.05) is 33.6 Å². The Morgan fingerprint density at radius 2 is 0.900 bits per heavy atom. The van der Waals surface area contributed by atoms with E-state index in [1.807, 2.05) is 12.1 Å². The topological polar surface area (TPSA) is 16.4 Å². The van der Waals surface area contributed by atoms with Crippen LogP contribution in [0, 0.1) is 0 Å². The first-order chi connectivity index (χ1) is 24.8. The van der Waals surface area contributed by atoms with Crippen LogP contribution in [0.1, 0.15) is 0 Å². The van der Waals surface area contributed by atoms with Gasteiger partial charge in [-0.15, -0.1) is 0 Å². The molecule has 0 atom stereocenters. The average Bonchev–Trinajstić information content (AvgIpc) is 3.56. The maximum Gasteiger partial charge on any atom is 0.137 e. The molecule has 50 heavy (non-hydrogen) atoms. The number of fused-ring (bicyclic) bond motifs is 7. The van der Waals surface area contributed by atoms with Crippen LogP contribution in [0.5, 0.6) is 0 Å². The molecule has 0 fully saturated rings. The number of benzene rings is 9. The fraction of sp³-hybridized carbons (Fsp3) is 0. The van der Waals surface area contributed by atoms with Crippen molar-refractivity contribution in [2.45, 2.75) is 0 Å². The molecule has 0 N–H and O–H groups in total. The molecule has 234 valence electrons. The Bertz CT molecular complexity index is 2870. The quantitative estimate of drug-likeness (QED) is 0.175. The van der Waals surface area contributed by atoms with Gasteiger partial charge >= 0.3 is 0 Å². The number of rotatable bonds is 5. The van der Waals surface area contributed by atoms with E-state index in [9.17, 15) is 0 Å². The second-order valence-electron chi connectivity index (χ2n) is 12.9. The smallest absolute Gasteiger partial charge is 0.137 e. The molecule has 10 aromatic rings. The van der Waals surface area contributed by atoms with Crippen molar-refractivity contribution >= 4 is 71.3 Å². The van der Waals surface area contributed by atoms with E-state index in [4.69, 9.17) is 4.42 Å². The highest BCUT2D eigenvalue weighted by Gasteiger charge is 2.19. The molecule has 0 aliphatic heterocycles. The van der Waals surface area contributed by atoms with Gasteiger partial charge in [0.25, 0.3) is 0 Å². The molecular formula is C48H31NO. The largest absolute Gasteiger partial charge is 0.456 e. The van der Waals surface area contributed by atoms with Crippen LogP contribution in [0.25, 0.3) is 76.5 Å². The third-order valence-electron chi connectivity index (χ3n) is 10.1. The van der Waals surface area contributed by atoms with Crippen molar-refractivity contribution < 1.29 is 4.42 Å². The monoisotopic (exact) mass is 637 g/mol. The van der Waals surface area contributed by atoms with Crippen molar-refractivity contribution in [1.82, 2.24) is 0 Å². The molecule has 0 radical (unpaired) electrons. The highest BCUT2D eigenvalue weighted by molar-refractivity contribution is 6.15. The van der Waals surface area contributed by atoms with Gasteiger partial charge < -0.3 is 9.32 Å². The Kier molecular flexibility index (Phi) is 6.53. The van der Waals surface area contributed by atoms with Gasteiger partial charge in [-0.25, -0.2) is 0 Å². The van der Waals surface area contributed by atoms with Crippen molar-refractivity contribution in [3.05, 3.63) is 188 Å². The molecule has 0 aliphatic rings. The molecule has 0 saturated carbocycles. The summed E-state index contributed by atoms with van der Waals surface area (Å²) in [6.45, 7) is 0. The van der Waals surface area contributed by atoms with E-state index in [1.165, 1.54) is 54.6 Å². The summed E-state index contributed by atoms with van der Waals surface area (Å²) in [6, 6.07) is 67.5. The van der Waals surface area contributed by atoms with Gasteiger partial charge in [0.1, 0.15) is 11.2 Å². The first-order valence-electron chi connectivity index (χ1n) is 17.1. The van der Waals surface area contributed by atoms with Crippen molar-refractivity contribution in [3.8, 4) is 22.3 Å².